The van der Waals surface area contributed by atoms with E-state index in [2.05, 4.69) is 34.5 Å². The summed E-state index contributed by atoms with van der Waals surface area (Å²) in [5, 5.41) is 5.35. The Labute approximate surface area is 213 Å². The largest absolute Gasteiger partial charge is 0.353 e. The molecule has 3 aromatic carbocycles. The van der Waals surface area contributed by atoms with Gasteiger partial charge in [0.25, 0.3) is 0 Å². The Bertz CT molecular complexity index is 1140. The monoisotopic (exact) mass is 485 g/mol. The molecule has 1 atom stereocenters. The smallest absolute Gasteiger partial charge is 0.225 e. The quantitative estimate of drug-likeness (QED) is 0.529. The normalized spacial score (nSPS) is 18.7. The van der Waals surface area contributed by atoms with Gasteiger partial charge in [-0.2, -0.15) is 0 Å². The summed E-state index contributed by atoms with van der Waals surface area (Å²) in [4.78, 5) is 38.1. The molecule has 2 aliphatic rings. The van der Waals surface area contributed by atoms with Gasteiger partial charge < -0.3 is 10.2 Å². The fraction of sp³-hybridized carbons (Fsp3) is 0.367. The number of hydrogen-bond donors (Lipinski definition) is 1. The molecule has 2 fully saturated rings. The lowest BCUT2D eigenvalue weighted by Gasteiger charge is -2.34. The number of likely N-dealkylation sites (tertiary alicyclic amines) is 2. The van der Waals surface area contributed by atoms with Gasteiger partial charge in [0.2, 0.25) is 12.3 Å². The van der Waals surface area contributed by atoms with E-state index in [0.29, 0.717) is 6.54 Å². The molecule has 0 aromatic heterocycles. The second-order valence-corrected chi connectivity index (χ2v) is 9.67. The van der Waals surface area contributed by atoms with Crippen LogP contribution in [-0.4, -0.2) is 60.6 Å². The summed E-state index contributed by atoms with van der Waals surface area (Å²) < 4.78 is 0. The molecule has 2 saturated heterocycles. The predicted molar refractivity (Wildman–Crippen MR) is 143 cm³/mol. The Morgan fingerprint density at radius 2 is 1.58 bits per heavy atom. The molecule has 2 heterocycles. The maximum absolute atomic E-state index is 12.4. The number of nitrogens with one attached hydrogen (secondary N) is 1. The van der Waals surface area contributed by atoms with Crippen molar-refractivity contribution >= 4 is 29.4 Å². The summed E-state index contributed by atoms with van der Waals surface area (Å²) in [6.45, 7) is 4.38. The van der Waals surface area contributed by atoms with E-state index >= 15 is 0 Å². The van der Waals surface area contributed by atoms with Gasteiger partial charge in [-0.3, -0.25) is 19.3 Å². The topological polar surface area (TPSA) is 69.7 Å². The van der Waals surface area contributed by atoms with E-state index < -0.39 is 0 Å². The van der Waals surface area contributed by atoms with Crippen molar-refractivity contribution < 1.29 is 14.4 Å². The molecule has 1 N–H and O–H groups in total. The van der Waals surface area contributed by atoms with Crippen molar-refractivity contribution in [1.82, 2.24) is 15.1 Å². The number of piperidine rings is 2. The van der Waals surface area contributed by atoms with Crippen molar-refractivity contribution in [2.75, 3.05) is 26.2 Å². The molecule has 3 aromatic rings. The fourth-order valence-corrected chi connectivity index (χ4v) is 5.07. The molecule has 188 valence electrons. The van der Waals surface area contributed by atoms with Gasteiger partial charge in [0.05, 0.1) is 5.92 Å². The Morgan fingerprint density at radius 3 is 2.33 bits per heavy atom. The average molecular weight is 486 g/mol. The summed E-state index contributed by atoms with van der Waals surface area (Å²) in [7, 11) is 0. The minimum atomic E-state index is -0.0358. The number of fused-ring (bicyclic) bond motifs is 1. The lowest BCUT2D eigenvalue weighted by atomic mass is 9.96. The van der Waals surface area contributed by atoms with E-state index in [1.54, 1.807) is 4.90 Å². The van der Waals surface area contributed by atoms with E-state index in [1.807, 2.05) is 48.5 Å². The highest BCUT2D eigenvalue weighted by Crippen LogP contribution is 2.19. The molecule has 2 aliphatic heterocycles. The van der Waals surface area contributed by atoms with Crippen molar-refractivity contribution in [3.05, 3.63) is 83.9 Å². The lowest BCUT2D eigenvalue weighted by Crippen LogP contribution is -2.49. The van der Waals surface area contributed by atoms with Crippen LogP contribution in [0.2, 0.25) is 0 Å². The number of hydrogen-bond acceptors (Lipinski definition) is 4. The van der Waals surface area contributed by atoms with Gasteiger partial charge >= 0.3 is 0 Å². The molecule has 0 saturated carbocycles. The van der Waals surface area contributed by atoms with Crippen LogP contribution in [0.15, 0.2) is 72.8 Å². The summed E-state index contributed by atoms with van der Waals surface area (Å²) in [5.41, 5.74) is 2.10. The zero-order chi connectivity index (χ0) is 25.2. The van der Waals surface area contributed by atoms with E-state index in [0.717, 1.165) is 80.9 Å². The number of carbonyl (C=O) groups excluding carboxylic acids is 3. The van der Waals surface area contributed by atoms with Gasteiger partial charge in [0.15, 0.2) is 6.29 Å². The Balaban J connectivity index is 0.000000211. The molecule has 0 bridgehead atoms. The molecular weight excluding hydrogens is 450 g/mol. The number of carbonyl (C=O) groups is 3. The Kier molecular flexibility index (Phi) is 9.22. The third kappa shape index (κ3) is 7.01. The SMILES string of the molecule is O=CN1CCCC(C(=O)NC2CCN(Cc3ccccc3)CC2)C1.O=Cc1cccc2ccccc12. The van der Waals surface area contributed by atoms with Gasteiger partial charge in [-0.1, -0.05) is 72.8 Å². The zero-order valence-electron chi connectivity index (χ0n) is 20.7. The van der Waals surface area contributed by atoms with Crippen LogP contribution in [-0.2, 0) is 16.1 Å². The number of rotatable bonds is 6. The van der Waals surface area contributed by atoms with Crippen LogP contribution >= 0.6 is 0 Å². The first-order valence-electron chi connectivity index (χ1n) is 12.8. The average Bonchev–Trinajstić information content (AvgIpc) is 2.94. The third-order valence-electron chi connectivity index (χ3n) is 7.11. The molecule has 6 nitrogen and oxygen atoms in total. The molecular formula is C30H35N3O3. The summed E-state index contributed by atoms with van der Waals surface area (Å²) in [5.74, 6) is 0.0920. The van der Waals surface area contributed by atoms with Crippen LogP contribution in [0.25, 0.3) is 10.8 Å². The van der Waals surface area contributed by atoms with E-state index in [1.165, 1.54) is 5.56 Å². The Morgan fingerprint density at radius 1 is 0.861 bits per heavy atom. The van der Waals surface area contributed by atoms with Crippen molar-refractivity contribution in [3.8, 4) is 0 Å². The second kappa shape index (κ2) is 13.0. The summed E-state index contributed by atoms with van der Waals surface area (Å²) >= 11 is 0. The third-order valence-corrected chi connectivity index (χ3v) is 7.11. The highest BCUT2D eigenvalue weighted by Gasteiger charge is 2.28. The van der Waals surface area contributed by atoms with Gasteiger partial charge in [-0.05, 0) is 42.0 Å². The molecule has 6 heteroatoms. The van der Waals surface area contributed by atoms with Crippen molar-refractivity contribution in [2.45, 2.75) is 38.3 Å². The number of aldehydes is 1. The summed E-state index contributed by atoms with van der Waals surface area (Å²) in [6.07, 6.45) is 5.57. The maximum atomic E-state index is 12.4. The van der Waals surface area contributed by atoms with Crippen molar-refractivity contribution in [1.29, 1.82) is 0 Å². The van der Waals surface area contributed by atoms with Gasteiger partial charge in [-0.25, -0.2) is 0 Å². The van der Waals surface area contributed by atoms with E-state index in [-0.39, 0.29) is 17.9 Å². The Hall–Kier alpha value is -3.51. The summed E-state index contributed by atoms with van der Waals surface area (Å²) in [6, 6.07) is 24.4. The maximum Gasteiger partial charge on any atom is 0.225 e. The molecule has 5 rings (SSSR count). The van der Waals surface area contributed by atoms with Crippen LogP contribution in [0.1, 0.15) is 41.6 Å². The fourth-order valence-electron chi connectivity index (χ4n) is 5.07. The molecule has 0 spiro atoms. The van der Waals surface area contributed by atoms with Crippen molar-refractivity contribution in [3.63, 3.8) is 0 Å². The van der Waals surface area contributed by atoms with E-state index in [4.69, 9.17) is 0 Å². The van der Waals surface area contributed by atoms with Crippen LogP contribution in [0.4, 0.5) is 0 Å². The molecule has 2 amide bonds. The van der Waals surface area contributed by atoms with Gasteiger partial charge in [0, 0.05) is 44.3 Å². The number of benzene rings is 3. The second-order valence-electron chi connectivity index (χ2n) is 9.67. The molecule has 1 unspecified atom stereocenters. The van der Waals surface area contributed by atoms with Crippen LogP contribution < -0.4 is 5.32 Å². The minimum absolute atomic E-state index is 0.0358. The lowest BCUT2D eigenvalue weighted by molar-refractivity contribution is -0.129. The van der Waals surface area contributed by atoms with Gasteiger partial charge in [0.1, 0.15) is 0 Å². The molecule has 0 radical (unpaired) electrons. The van der Waals surface area contributed by atoms with Crippen LogP contribution in [0.3, 0.4) is 0 Å². The zero-order valence-corrected chi connectivity index (χ0v) is 20.7. The van der Waals surface area contributed by atoms with Crippen molar-refractivity contribution in [2.24, 2.45) is 5.92 Å². The first kappa shape index (κ1) is 25.6. The predicted octanol–water partition coefficient (Wildman–Crippen LogP) is 4.29. The standard InChI is InChI=1S/C19H27N3O2.C11H8O/c23-15-22-10-4-7-17(14-22)19(24)20-18-8-11-21(12-9-18)13-16-5-2-1-3-6-16;12-8-10-6-3-5-9-4-1-2-7-11(9)10/h1-3,5-6,15,17-18H,4,7-14H2,(H,20,24);1-8H. The number of amides is 2. The molecule has 36 heavy (non-hydrogen) atoms. The first-order chi connectivity index (χ1) is 17.7. The highest BCUT2D eigenvalue weighted by atomic mass is 16.2. The van der Waals surface area contributed by atoms with Gasteiger partial charge in [-0.15, -0.1) is 0 Å². The minimum Gasteiger partial charge on any atom is -0.353 e. The number of nitrogens with zero attached hydrogens (tertiary/aromatic N) is 2. The van der Waals surface area contributed by atoms with E-state index in [9.17, 15) is 14.4 Å². The highest BCUT2D eigenvalue weighted by molar-refractivity contribution is 5.97. The first-order valence-corrected chi connectivity index (χ1v) is 12.8. The van der Waals surface area contributed by atoms with Crippen LogP contribution in [0, 0.1) is 5.92 Å². The molecule has 0 aliphatic carbocycles. The van der Waals surface area contributed by atoms with Crippen LogP contribution in [0.5, 0.6) is 0 Å².